The highest BCUT2D eigenvalue weighted by molar-refractivity contribution is 4.96. The van der Waals surface area contributed by atoms with E-state index in [1.54, 1.807) is 0 Å². The smallest absolute Gasteiger partial charge is 0.0251 e. The lowest BCUT2D eigenvalue weighted by Gasteiger charge is -2.49. The van der Waals surface area contributed by atoms with Gasteiger partial charge in [-0.25, -0.2) is 0 Å². The van der Waals surface area contributed by atoms with Gasteiger partial charge in [0.1, 0.15) is 0 Å². The van der Waals surface area contributed by atoms with Gasteiger partial charge in [-0.1, -0.05) is 33.6 Å². The van der Waals surface area contributed by atoms with Crippen molar-refractivity contribution in [3.63, 3.8) is 0 Å². The van der Waals surface area contributed by atoms with Gasteiger partial charge < -0.3 is 5.32 Å². The molecule has 0 aromatic carbocycles. The highest BCUT2D eigenvalue weighted by Crippen LogP contribution is 2.42. The molecule has 0 aliphatic heterocycles. The van der Waals surface area contributed by atoms with Crippen molar-refractivity contribution in [2.45, 2.75) is 83.8 Å². The Kier molecular flexibility index (Phi) is 4.94. The molecule has 19 heavy (non-hydrogen) atoms. The van der Waals surface area contributed by atoms with Crippen LogP contribution in [0, 0.1) is 11.3 Å². The van der Waals surface area contributed by atoms with Gasteiger partial charge in [0.25, 0.3) is 0 Å². The summed E-state index contributed by atoms with van der Waals surface area (Å²) in [6.45, 7) is 7.30. The molecule has 2 aliphatic carbocycles. The number of nitrogens with one attached hydrogen (secondary N) is 1. The minimum Gasteiger partial charge on any atom is -0.315 e. The van der Waals surface area contributed by atoms with Crippen LogP contribution in [0.2, 0.25) is 0 Å². The van der Waals surface area contributed by atoms with Gasteiger partial charge in [0.2, 0.25) is 0 Å². The Morgan fingerprint density at radius 2 is 1.84 bits per heavy atom. The van der Waals surface area contributed by atoms with E-state index < -0.39 is 0 Å². The lowest BCUT2D eigenvalue weighted by Crippen LogP contribution is -2.56. The van der Waals surface area contributed by atoms with Crippen molar-refractivity contribution in [3.8, 4) is 0 Å². The highest BCUT2D eigenvalue weighted by Gasteiger charge is 2.40. The standard InChI is InChI=1S/C17H34N2/c1-6-17(2,3)13-10-11-15(18-4)16(12-13)19(5)14-8-7-9-14/h13-16,18H,6-12H2,1-5H3. The van der Waals surface area contributed by atoms with Gasteiger partial charge in [0.05, 0.1) is 0 Å². The predicted octanol–water partition coefficient (Wildman–Crippen LogP) is 3.66. The molecule has 2 rings (SSSR count). The van der Waals surface area contributed by atoms with Crippen LogP contribution < -0.4 is 5.32 Å². The van der Waals surface area contributed by atoms with Gasteiger partial charge in [0, 0.05) is 18.1 Å². The maximum atomic E-state index is 3.59. The molecule has 2 nitrogen and oxygen atoms in total. The molecule has 0 bridgehead atoms. The van der Waals surface area contributed by atoms with E-state index in [1.807, 2.05) is 0 Å². The zero-order chi connectivity index (χ0) is 14.0. The molecule has 0 heterocycles. The summed E-state index contributed by atoms with van der Waals surface area (Å²) in [6, 6.07) is 2.32. The Hall–Kier alpha value is -0.0800. The van der Waals surface area contributed by atoms with Crippen molar-refractivity contribution in [3.05, 3.63) is 0 Å². The molecule has 2 heteroatoms. The fourth-order valence-corrected chi connectivity index (χ4v) is 4.00. The first kappa shape index (κ1) is 15.3. The van der Waals surface area contributed by atoms with Gasteiger partial charge in [-0.05, 0) is 57.5 Å². The molecule has 0 aromatic rings. The van der Waals surface area contributed by atoms with Crippen molar-refractivity contribution in [2.24, 2.45) is 11.3 Å². The summed E-state index contributed by atoms with van der Waals surface area (Å²) in [5.41, 5.74) is 0.511. The quantitative estimate of drug-likeness (QED) is 0.817. The zero-order valence-electron chi connectivity index (χ0n) is 13.7. The number of rotatable bonds is 5. The van der Waals surface area contributed by atoms with Gasteiger partial charge in [-0.2, -0.15) is 0 Å². The molecular weight excluding hydrogens is 232 g/mol. The first-order valence-electron chi connectivity index (χ1n) is 8.38. The molecule has 3 atom stereocenters. The number of nitrogens with zero attached hydrogens (tertiary/aromatic N) is 1. The predicted molar refractivity (Wildman–Crippen MR) is 83.5 cm³/mol. The third-order valence-corrected chi connectivity index (χ3v) is 6.38. The Bertz CT molecular complexity index is 283. The average Bonchev–Trinajstić information content (AvgIpc) is 2.35. The molecule has 0 radical (unpaired) electrons. The van der Waals surface area contributed by atoms with Crippen LogP contribution in [0.4, 0.5) is 0 Å². The summed E-state index contributed by atoms with van der Waals surface area (Å²) >= 11 is 0. The van der Waals surface area contributed by atoms with Crippen LogP contribution in [0.15, 0.2) is 0 Å². The van der Waals surface area contributed by atoms with E-state index in [0.29, 0.717) is 11.5 Å². The first-order chi connectivity index (χ1) is 8.99. The lowest BCUT2D eigenvalue weighted by molar-refractivity contribution is 0.0237. The molecular formula is C17H34N2. The van der Waals surface area contributed by atoms with Gasteiger partial charge in [0.15, 0.2) is 0 Å². The number of hydrogen-bond donors (Lipinski definition) is 1. The molecule has 2 fully saturated rings. The second kappa shape index (κ2) is 6.13. The Balaban J connectivity index is 2.04. The summed E-state index contributed by atoms with van der Waals surface area (Å²) in [5.74, 6) is 0.898. The van der Waals surface area contributed by atoms with Gasteiger partial charge in [-0.15, -0.1) is 0 Å². The zero-order valence-corrected chi connectivity index (χ0v) is 13.7. The molecule has 0 amide bonds. The van der Waals surface area contributed by atoms with E-state index in [-0.39, 0.29) is 0 Å². The largest absolute Gasteiger partial charge is 0.315 e. The molecule has 0 aromatic heterocycles. The molecule has 112 valence electrons. The van der Waals surface area contributed by atoms with E-state index in [4.69, 9.17) is 0 Å². The minimum atomic E-state index is 0.511. The fourth-order valence-electron chi connectivity index (χ4n) is 4.00. The number of hydrogen-bond acceptors (Lipinski definition) is 2. The van der Waals surface area contributed by atoms with Crippen molar-refractivity contribution in [2.75, 3.05) is 14.1 Å². The monoisotopic (exact) mass is 266 g/mol. The minimum absolute atomic E-state index is 0.511. The van der Waals surface area contributed by atoms with Gasteiger partial charge in [-0.3, -0.25) is 4.90 Å². The average molecular weight is 266 g/mol. The summed E-state index contributed by atoms with van der Waals surface area (Å²) in [5, 5.41) is 3.59. The van der Waals surface area contributed by atoms with Crippen molar-refractivity contribution < 1.29 is 0 Å². The second-order valence-corrected chi connectivity index (χ2v) is 7.56. The lowest BCUT2D eigenvalue weighted by atomic mass is 9.67. The van der Waals surface area contributed by atoms with Crippen LogP contribution in [-0.2, 0) is 0 Å². The highest BCUT2D eigenvalue weighted by atomic mass is 15.2. The van der Waals surface area contributed by atoms with E-state index in [1.165, 1.54) is 44.9 Å². The Labute approximate surface area is 120 Å². The molecule has 0 saturated heterocycles. The fraction of sp³-hybridized carbons (Fsp3) is 1.00. The topological polar surface area (TPSA) is 15.3 Å². The molecule has 2 saturated carbocycles. The second-order valence-electron chi connectivity index (χ2n) is 7.56. The number of likely N-dealkylation sites (N-methyl/N-ethyl adjacent to an activating group) is 2. The summed E-state index contributed by atoms with van der Waals surface area (Å²) in [4.78, 5) is 2.71. The maximum Gasteiger partial charge on any atom is 0.0251 e. The van der Waals surface area contributed by atoms with Crippen molar-refractivity contribution in [1.29, 1.82) is 0 Å². The summed E-state index contributed by atoms with van der Waals surface area (Å²) in [7, 11) is 4.53. The summed E-state index contributed by atoms with van der Waals surface area (Å²) < 4.78 is 0. The van der Waals surface area contributed by atoms with Crippen molar-refractivity contribution in [1.82, 2.24) is 10.2 Å². The van der Waals surface area contributed by atoms with Crippen LogP contribution in [0.3, 0.4) is 0 Å². The third-order valence-electron chi connectivity index (χ3n) is 6.38. The molecule has 3 unspecified atom stereocenters. The van der Waals surface area contributed by atoms with Crippen LogP contribution in [0.1, 0.15) is 65.7 Å². The van der Waals surface area contributed by atoms with Crippen molar-refractivity contribution >= 4 is 0 Å². The van der Waals surface area contributed by atoms with Crippen LogP contribution >= 0.6 is 0 Å². The van der Waals surface area contributed by atoms with Gasteiger partial charge >= 0.3 is 0 Å². The normalized spacial score (nSPS) is 33.5. The SMILES string of the molecule is CCC(C)(C)C1CCC(NC)C(N(C)C2CCC2)C1. The Morgan fingerprint density at radius 3 is 2.32 bits per heavy atom. The van der Waals surface area contributed by atoms with E-state index >= 15 is 0 Å². The first-order valence-corrected chi connectivity index (χ1v) is 8.38. The molecule has 2 aliphatic rings. The van der Waals surface area contributed by atoms with E-state index in [9.17, 15) is 0 Å². The summed E-state index contributed by atoms with van der Waals surface area (Å²) in [6.07, 6.45) is 9.74. The molecule has 1 N–H and O–H groups in total. The molecule has 0 spiro atoms. The maximum absolute atomic E-state index is 3.59. The Morgan fingerprint density at radius 1 is 1.16 bits per heavy atom. The van der Waals surface area contributed by atoms with E-state index in [0.717, 1.165) is 18.0 Å². The van der Waals surface area contributed by atoms with E-state index in [2.05, 4.69) is 45.1 Å². The third kappa shape index (κ3) is 3.16. The van der Waals surface area contributed by atoms with Crippen LogP contribution in [0.5, 0.6) is 0 Å². The van der Waals surface area contributed by atoms with Crippen LogP contribution in [-0.4, -0.2) is 37.1 Å². The van der Waals surface area contributed by atoms with Crippen LogP contribution in [0.25, 0.3) is 0 Å².